The Morgan fingerprint density at radius 2 is 1.89 bits per heavy atom. The van der Waals surface area contributed by atoms with E-state index < -0.39 is 0 Å². The molecule has 0 saturated heterocycles. The molecule has 1 aliphatic carbocycles. The highest BCUT2D eigenvalue weighted by molar-refractivity contribution is 5.91. The molecule has 2 heterocycles. The van der Waals surface area contributed by atoms with Crippen LogP contribution in [-0.4, -0.2) is 29.8 Å². The summed E-state index contributed by atoms with van der Waals surface area (Å²) in [6.07, 6.45) is 3.54. The summed E-state index contributed by atoms with van der Waals surface area (Å²) in [5.41, 5.74) is 2.99. The summed E-state index contributed by atoms with van der Waals surface area (Å²) in [5.74, 6) is 1.88. The minimum Gasteiger partial charge on any atom is -0.486 e. The summed E-state index contributed by atoms with van der Waals surface area (Å²) in [4.78, 5) is 27.4. The van der Waals surface area contributed by atoms with Gasteiger partial charge in [0.2, 0.25) is 5.91 Å². The van der Waals surface area contributed by atoms with Crippen molar-refractivity contribution in [2.24, 2.45) is 11.8 Å². The quantitative estimate of drug-likeness (QED) is 0.408. The predicted octanol–water partition coefficient (Wildman–Crippen LogP) is 5.66. The van der Waals surface area contributed by atoms with Crippen molar-refractivity contribution in [3.05, 3.63) is 88.6 Å². The second kappa shape index (κ2) is 10.8. The Bertz CT molecular complexity index is 1260. The van der Waals surface area contributed by atoms with Gasteiger partial charge in [-0.3, -0.25) is 9.59 Å². The van der Waals surface area contributed by atoms with Gasteiger partial charge in [0.05, 0.1) is 6.04 Å². The van der Waals surface area contributed by atoms with Gasteiger partial charge in [0.25, 0.3) is 5.91 Å². The fourth-order valence-corrected chi connectivity index (χ4v) is 4.80. The minimum absolute atomic E-state index is 0.0874. The summed E-state index contributed by atoms with van der Waals surface area (Å²) in [6.45, 7) is 5.54. The number of carbonyl (C=O) groups excluding carboxylic acids is 2. The number of amides is 2. The molecule has 2 aromatic carbocycles. The Hall–Kier alpha value is -3.61. The molecular weight excluding hydrogens is 471 g/mol. The lowest BCUT2D eigenvalue weighted by Gasteiger charge is -2.38. The van der Waals surface area contributed by atoms with Gasteiger partial charge in [-0.2, -0.15) is 0 Å². The predicted molar refractivity (Wildman–Crippen MR) is 138 cm³/mol. The van der Waals surface area contributed by atoms with Gasteiger partial charge in [-0.05, 0) is 84.2 Å². The summed E-state index contributed by atoms with van der Waals surface area (Å²) in [5, 5.41) is 2.90. The molecule has 1 saturated carbocycles. The van der Waals surface area contributed by atoms with Crippen molar-refractivity contribution in [3.8, 4) is 5.75 Å². The van der Waals surface area contributed by atoms with Crippen LogP contribution in [-0.2, 0) is 17.8 Å². The van der Waals surface area contributed by atoms with Crippen LogP contribution in [0, 0.1) is 17.7 Å². The average Bonchev–Trinajstić information content (AvgIpc) is 3.60. The fourth-order valence-electron chi connectivity index (χ4n) is 4.80. The lowest BCUT2D eigenvalue weighted by molar-refractivity contribution is -0.134. The van der Waals surface area contributed by atoms with Crippen LogP contribution in [0.2, 0.25) is 0 Å². The lowest BCUT2D eigenvalue weighted by atomic mass is 9.87. The van der Waals surface area contributed by atoms with Crippen molar-refractivity contribution < 1.29 is 23.1 Å². The molecule has 1 unspecified atom stereocenters. The third kappa shape index (κ3) is 6.04. The van der Waals surface area contributed by atoms with Gasteiger partial charge in [-0.25, -0.2) is 4.39 Å². The van der Waals surface area contributed by atoms with E-state index in [1.807, 2.05) is 36.9 Å². The van der Waals surface area contributed by atoms with Crippen LogP contribution >= 0.6 is 0 Å². The molecule has 5 rings (SSSR count). The molecule has 1 fully saturated rings. The Kier molecular flexibility index (Phi) is 7.31. The SMILES string of the molecule is CC(C)CC(=O)N1CCc2ccc(OCc3ccc(C(=O)NCC4CC4)o3)cc2C1c1ccc(F)cc1. The second-order valence-electron chi connectivity index (χ2n) is 10.5. The molecule has 2 aliphatic rings. The van der Waals surface area contributed by atoms with Crippen molar-refractivity contribution in [1.82, 2.24) is 10.2 Å². The van der Waals surface area contributed by atoms with Crippen molar-refractivity contribution in [2.45, 2.75) is 52.2 Å². The van der Waals surface area contributed by atoms with Gasteiger partial charge in [0.1, 0.15) is 23.9 Å². The molecule has 1 atom stereocenters. The van der Waals surface area contributed by atoms with Crippen molar-refractivity contribution in [3.63, 3.8) is 0 Å². The maximum absolute atomic E-state index is 13.7. The Labute approximate surface area is 216 Å². The first-order valence-electron chi connectivity index (χ1n) is 13.0. The number of hydrogen-bond acceptors (Lipinski definition) is 4. The molecule has 1 aliphatic heterocycles. The topological polar surface area (TPSA) is 71.8 Å². The third-order valence-corrected chi connectivity index (χ3v) is 6.95. The zero-order chi connectivity index (χ0) is 25.9. The van der Waals surface area contributed by atoms with Gasteiger partial charge in [0, 0.05) is 19.5 Å². The first kappa shape index (κ1) is 25.1. The molecule has 3 aromatic rings. The molecule has 6 nitrogen and oxygen atoms in total. The number of ether oxygens (including phenoxy) is 1. The summed E-state index contributed by atoms with van der Waals surface area (Å²) in [7, 11) is 0. The van der Waals surface area contributed by atoms with Crippen molar-refractivity contribution >= 4 is 11.8 Å². The van der Waals surface area contributed by atoms with Crippen LogP contribution in [0.3, 0.4) is 0 Å². The van der Waals surface area contributed by atoms with Gasteiger partial charge in [-0.15, -0.1) is 0 Å². The highest BCUT2D eigenvalue weighted by atomic mass is 19.1. The van der Waals surface area contributed by atoms with E-state index in [1.165, 1.54) is 25.0 Å². The molecule has 37 heavy (non-hydrogen) atoms. The monoisotopic (exact) mass is 504 g/mol. The molecule has 2 amide bonds. The molecule has 0 spiro atoms. The normalized spacial score (nSPS) is 17.0. The zero-order valence-electron chi connectivity index (χ0n) is 21.3. The second-order valence-corrected chi connectivity index (χ2v) is 10.5. The smallest absolute Gasteiger partial charge is 0.287 e. The number of carbonyl (C=O) groups is 2. The molecule has 1 aromatic heterocycles. The largest absolute Gasteiger partial charge is 0.486 e. The number of halogens is 1. The van der Waals surface area contributed by atoms with E-state index in [-0.39, 0.29) is 42.0 Å². The molecular formula is C30H33FN2O4. The lowest BCUT2D eigenvalue weighted by Crippen LogP contribution is -2.41. The maximum atomic E-state index is 13.7. The van der Waals surface area contributed by atoms with Crippen LogP contribution in [0.4, 0.5) is 4.39 Å². The highest BCUT2D eigenvalue weighted by Gasteiger charge is 2.32. The van der Waals surface area contributed by atoms with Crippen LogP contribution in [0.15, 0.2) is 59.0 Å². The summed E-state index contributed by atoms with van der Waals surface area (Å²) >= 11 is 0. The third-order valence-electron chi connectivity index (χ3n) is 6.95. The van der Waals surface area contributed by atoms with Gasteiger partial charge in [-0.1, -0.05) is 32.0 Å². The van der Waals surface area contributed by atoms with E-state index >= 15 is 0 Å². The van der Waals surface area contributed by atoms with E-state index in [9.17, 15) is 14.0 Å². The van der Waals surface area contributed by atoms with Crippen LogP contribution in [0.25, 0.3) is 0 Å². The van der Waals surface area contributed by atoms with Crippen LogP contribution in [0.1, 0.15) is 72.2 Å². The van der Waals surface area contributed by atoms with Gasteiger partial charge < -0.3 is 19.4 Å². The molecule has 0 bridgehead atoms. The molecule has 194 valence electrons. The Morgan fingerprint density at radius 1 is 1.11 bits per heavy atom. The van der Waals surface area contributed by atoms with Crippen molar-refractivity contribution in [2.75, 3.05) is 13.1 Å². The van der Waals surface area contributed by atoms with E-state index in [2.05, 4.69) is 5.32 Å². The highest BCUT2D eigenvalue weighted by Crippen LogP contribution is 2.38. The number of hydrogen-bond donors (Lipinski definition) is 1. The summed E-state index contributed by atoms with van der Waals surface area (Å²) < 4.78 is 25.4. The number of rotatable bonds is 9. The summed E-state index contributed by atoms with van der Waals surface area (Å²) in [6, 6.07) is 15.4. The van der Waals surface area contributed by atoms with Crippen LogP contribution < -0.4 is 10.1 Å². The van der Waals surface area contributed by atoms with E-state index in [0.717, 1.165) is 23.1 Å². The Balaban J connectivity index is 1.34. The number of fused-ring (bicyclic) bond motifs is 1. The molecule has 0 radical (unpaired) electrons. The standard InChI is InChI=1S/C30H33FN2O4/c1-19(2)15-28(34)33-14-13-21-7-10-24(16-26(21)29(33)22-5-8-23(31)9-6-22)36-18-25-11-12-27(37-25)30(35)32-17-20-3-4-20/h5-12,16,19-20,29H,3-4,13-15,17-18H2,1-2H3,(H,32,35). The zero-order valence-corrected chi connectivity index (χ0v) is 21.3. The molecule has 7 heteroatoms. The number of benzene rings is 2. The maximum Gasteiger partial charge on any atom is 0.287 e. The van der Waals surface area contributed by atoms with E-state index in [0.29, 0.717) is 36.9 Å². The average molecular weight is 505 g/mol. The fraction of sp³-hybridized carbons (Fsp3) is 0.400. The van der Waals surface area contributed by atoms with E-state index in [4.69, 9.17) is 9.15 Å². The number of nitrogens with zero attached hydrogens (tertiary/aromatic N) is 1. The first-order valence-corrected chi connectivity index (χ1v) is 13.0. The molecule has 1 N–H and O–H groups in total. The Morgan fingerprint density at radius 3 is 2.62 bits per heavy atom. The minimum atomic E-state index is -0.315. The number of nitrogens with one attached hydrogen (secondary N) is 1. The first-order chi connectivity index (χ1) is 17.9. The van der Waals surface area contributed by atoms with E-state index in [1.54, 1.807) is 24.3 Å². The van der Waals surface area contributed by atoms with Gasteiger partial charge >= 0.3 is 0 Å². The number of furan rings is 1. The van der Waals surface area contributed by atoms with Crippen molar-refractivity contribution in [1.29, 1.82) is 0 Å². The van der Waals surface area contributed by atoms with Gasteiger partial charge in [0.15, 0.2) is 5.76 Å². The van der Waals surface area contributed by atoms with Crippen LogP contribution in [0.5, 0.6) is 5.75 Å².